The fraction of sp³-hybridized carbons (Fsp3) is 0.623. The predicted octanol–water partition coefficient (Wildman–Crippen LogP) is 14.2. The molecule has 0 aliphatic rings. The average Bonchev–Trinajstić information content (AvgIpc) is 2.09. The zero-order chi connectivity index (χ0) is 65.0. The monoisotopic (exact) mass is 1210 g/mol. The van der Waals surface area contributed by atoms with Gasteiger partial charge in [-0.25, -0.2) is 19.2 Å². The smallest absolute Gasteiger partial charge is 0.407 e. The van der Waals surface area contributed by atoms with Crippen LogP contribution < -0.4 is 20.1 Å². The molecule has 3 rings (SSSR count). The van der Waals surface area contributed by atoms with Crippen LogP contribution in [0.2, 0.25) is 0 Å². The van der Waals surface area contributed by atoms with Crippen LogP contribution in [0, 0.1) is 5.41 Å². The molecule has 3 aromatic carbocycles. The van der Waals surface area contributed by atoms with Crippen molar-refractivity contribution in [2.75, 3.05) is 86.1 Å². The van der Waals surface area contributed by atoms with E-state index in [1.807, 2.05) is 161 Å². The van der Waals surface area contributed by atoms with Gasteiger partial charge in [0, 0.05) is 55.8 Å². The third kappa shape index (κ3) is 31.6. The highest BCUT2D eigenvalue weighted by molar-refractivity contribution is 5.87. The van der Waals surface area contributed by atoms with Crippen LogP contribution in [0.25, 0.3) is 0 Å². The summed E-state index contributed by atoms with van der Waals surface area (Å²) in [6, 6.07) is 27.5. The molecule has 486 valence electrons. The molecule has 0 aliphatic carbocycles. The number of amides is 2. The van der Waals surface area contributed by atoms with E-state index < -0.39 is 41.1 Å². The van der Waals surface area contributed by atoms with Crippen LogP contribution in [0.1, 0.15) is 173 Å². The first-order valence-electron chi connectivity index (χ1n) is 30.7. The van der Waals surface area contributed by atoms with Gasteiger partial charge in [-0.3, -0.25) is 4.90 Å². The summed E-state index contributed by atoms with van der Waals surface area (Å²) in [6.07, 6.45) is 3.58. The SMILES string of the molecule is C=C(C)C(=O)OCCNC(=O)OC(C)(C)C(COC(C)(C)N(C)CCCOC(C)(C)CCOc1ccc(OCC)cc1)c1ccccc1.C=C(C)C(=O)OCCNC(=O)OC(C)(C)C(COC(C)C(C)(C)CCCCOCC)c1ccccc1.CC. The maximum Gasteiger partial charge on any atom is 0.407 e. The van der Waals surface area contributed by atoms with Crippen molar-refractivity contribution >= 4 is 24.1 Å². The lowest BCUT2D eigenvalue weighted by Gasteiger charge is -2.40. The van der Waals surface area contributed by atoms with Gasteiger partial charge in [0.25, 0.3) is 0 Å². The van der Waals surface area contributed by atoms with E-state index in [4.69, 9.17) is 47.4 Å². The zero-order valence-corrected chi connectivity index (χ0v) is 55.9. The first-order valence-corrected chi connectivity index (χ1v) is 30.7. The molecular formula is C69H111N3O14. The number of hydrogen-bond donors (Lipinski definition) is 2. The minimum atomic E-state index is -0.912. The predicted molar refractivity (Wildman–Crippen MR) is 343 cm³/mol. The molecule has 0 bridgehead atoms. The largest absolute Gasteiger partial charge is 0.494 e. The topological polar surface area (TPSA) is 188 Å². The molecule has 0 saturated heterocycles. The number of rotatable bonds is 39. The number of esters is 2. The van der Waals surface area contributed by atoms with E-state index >= 15 is 0 Å². The molecule has 0 spiro atoms. The van der Waals surface area contributed by atoms with Crippen LogP contribution in [0.4, 0.5) is 9.59 Å². The molecule has 3 atom stereocenters. The quantitative estimate of drug-likeness (QED) is 0.0180. The van der Waals surface area contributed by atoms with Crippen LogP contribution in [-0.2, 0) is 47.5 Å². The van der Waals surface area contributed by atoms with Crippen molar-refractivity contribution in [3.8, 4) is 11.5 Å². The first kappa shape index (κ1) is 78.0. The summed E-state index contributed by atoms with van der Waals surface area (Å²) in [5, 5.41) is 5.30. The minimum absolute atomic E-state index is 0.00292. The summed E-state index contributed by atoms with van der Waals surface area (Å²) in [5.74, 6) is 0.216. The Hall–Kier alpha value is -5.98. The van der Waals surface area contributed by atoms with Crippen LogP contribution in [0.15, 0.2) is 109 Å². The Kier molecular flexibility index (Phi) is 36.7. The summed E-state index contributed by atoms with van der Waals surface area (Å²) >= 11 is 0. The van der Waals surface area contributed by atoms with E-state index in [9.17, 15) is 19.2 Å². The average molecular weight is 1210 g/mol. The zero-order valence-electron chi connectivity index (χ0n) is 55.9. The number of alkyl carbamates (subject to hydrolysis) is 2. The van der Waals surface area contributed by atoms with Gasteiger partial charge in [-0.2, -0.15) is 0 Å². The van der Waals surface area contributed by atoms with Crippen molar-refractivity contribution in [3.05, 3.63) is 120 Å². The van der Waals surface area contributed by atoms with Crippen LogP contribution >= 0.6 is 0 Å². The molecule has 0 radical (unpaired) electrons. The third-order valence-corrected chi connectivity index (χ3v) is 14.6. The van der Waals surface area contributed by atoms with Crippen molar-refractivity contribution in [3.63, 3.8) is 0 Å². The Morgan fingerprint density at radius 3 is 1.48 bits per heavy atom. The number of nitrogens with zero attached hydrogens (tertiary/aromatic N) is 1. The molecule has 0 aromatic heterocycles. The lowest BCUT2D eigenvalue weighted by atomic mass is 9.81. The highest BCUT2D eigenvalue weighted by Crippen LogP contribution is 2.36. The Morgan fingerprint density at radius 2 is 1.02 bits per heavy atom. The van der Waals surface area contributed by atoms with E-state index in [0.29, 0.717) is 44.2 Å². The minimum Gasteiger partial charge on any atom is -0.494 e. The van der Waals surface area contributed by atoms with Gasteiger partial charge < -0.3 is 58.0 Å². The van der Waals surface area contributed by atoms with Gasteiger partial charge in [-0.1, -0.05) is 108 Å². The van der Waals surface area contributed by atoms with Gasteiger partial charge in [-0.15, -0.1) is 0 Å². The number of unbranched alkanes of at least 4 members (excludes halogenated alkanes) is 1. The second kappa shape index (κ2) is 40.5. The van der Waals surface area contributed by atoms with Crippen molar-refractivity contribution in [2.24, 2.45) is 5.41 Å². The summed E-state index contributed by atoms with van der Waals surface area (Å²) in [4.78, 5) is 50.4. The van der Waals surface area contributed by atoms with Crippen molar-refractivity contribution in [1.82, 2.24) is 15.5 Å². The van der Waals surface area contributed by atoms with Crippen LogP contribution in [0.3, 0.4) is 0 Å². The lowest BCUT2D eigenvalue weighted by Crippen LogP contribution is -2.47. The van der Waals surface area contributed by atoms with E-state index in [0.717, 1.165) is 74.5 Å². The molecule has 2 N–H and O–H groups in total. The Morgan fingerprint density at radius 1 is 0.558 bits per heavy atom. The molecule has 0 aliphatic heterocycles. The summed E-state index contributed by atoms with van der Waals surface area (Å²) < 4.78 is 57.8. The summed E-state index contributed by atoms with van der Waals surface area (Å²) in [5.41, 5.74) is -0.0479. The number of carbonyl (C=O) groups is 4. The number of hydrogen-bond acceptors (Lipinski definition) is 15. The Balaban J connectivity index is 0.000000869. The molecule has 0 fully saturated rings. The maximum atomic E-state index is 12.7. The van der Waals surface area contributed by atoms with Gasteiger partial charge >= 0.3 is 24.1 Å². The van der Waals surface area contributed by atoms with Crippen molar-refractivity contribution in [1.29, 1.82) is 0 Å². The molecule has 0 saturated carbocycles. The molecule has 3 unspecified atom stereocenters. The van der Waals surface area contributed by atoms with E-state index in [1.165, 1.54) is 0 Å². The van der Waals surface area contributed by atoms with Gasteiger partial charge in [0.2, 0.25) is 0 Å². The normalized spacial score (nSPS) is 12.8. The highest BCUT2D eigenvalue weighted by Gasteiger charge is 2.39. The lowest BCUT2D eigenvalue weighted by molar-refractivity contribution is -0.141. The van der Waals surface area contributed by atoms with Gasteiger partial charge in [0.15, 0.2) is 0 Å². The standard InChI is InChI=1S/C38H58N2O8.C29H47NO6.C2H6/c1-11-43-31-18-20-32(21-19-31)44-26-22-36(4,5)46-25-15-24-40(10)38(8,9)47-28-33(30-16-13-12-14-17-30)37(6,7)48-35(42)39-23-27-45-34(41)29(2)3;1-9-33-19-14-13-17-28(5,6)23(4)35-21-25(24-15-11-10-12-16-24)29(7,8)36-27(32)30-18-20-34-26(31)22(2)3;1-2/h12-14,16-21,33H,2,11,15,22-28H2,1,3-10H3,(H,39,42);10-12,15-16,23,25H,2,9,13-14,17-21H2,1,3-8H3,(H,30,32);1-2H3. The fourth-order valence-electron chi connectivity index (χ4n) is 8.50. The Labute approximate surface area is 517 Å². The van der Waals surface area contributed by atoms with E-state index in [1.54, 1.807) is 13.8 Å². The fourth-order valence-corrected chi connectivity index (χ4v) is 8.50. The summed E-state index contributed by atoms with van der Waals surface area (Å²) in [7, 11) is 2.03. The maximum absolute atomic E-state index is 12.7. The number of nitrogens with one attached hydrogen (secondary N) is 2. The van der Waals surface area contributed by atoms with E-state index in [-0.39, 0.29) is 55.3 Å². The number of benzene rings is 3. The van der Waals surface area contributed by atoms with Gasteiger partial charge in [0.05, 0.1) is 51.2 Å². The van der Waals surface area contributed by atoms with E-state index in [2.05, 4.69) is 63.3 Å². The molecular weight excluding hydrogens is 1090 g/mol. The first-order chi connectivity index (χ1) is 40.5. The van der Waals surface area contributed by atoms with Crippen LogP contribution in [0.5, 0.6) is 11.5 Å². The second-order valence-corrected chi connectivity index (χ2v) is 23.9. The third-order valence-electron chi connectivity index (χ3n) is 14.6. The Bertz CT molecular complexity index is 2390. The van der Waals surface area contributed by atoms with Gasteiger partial charge in [-0.05, 0) is 157 Å². The molecule has 2 amide bonds. The van der Waals surface area contributed by atoms with Gasteiger partial charge in [0.1, 0.15) is 41.6 Å². The highest BCUT2D eigenvalue weighted by atomic mass is 16.6. The second-order valence-electron chi connectivity index (χ2n) is 23.9. The van der Waals surface area contributed by atoms with Crippen molar-refractivity contribution in [2.45, 2.75) is 190 Å². The summed E-state index contributed by atoms with van der Waals surface area (Å²) in [6.45, 7) is 45.7. The molecule has 3 aromatic rings. The molecule has 0 heterocycles. The number of ether oxygens (including phenoxy) is 10. The molecule has 17 nitrogen and oxygen atoms in total. The van der Waals surface area contributed by atoms with Crippen LogP contribution in [-0.4, -0.2) is 144 Å². The number of carbonyl (C=O) groups excluding carboxylic acids is 4. The molecule has 17 heteroatoms. The molecule has 86 heavy (non-hydrogen) atoms. The van der Waals surface area contributed by atoms with Crippen molar-refractivity contribution < 1.29 is 66.5 Å².